The summed E-state index contributed by atoms with van der Waals surface area (Å²) in [5.41, 5.74) is 4.53. The van der Waals surface area contributed by atoms with Crippen molar-refractivity contribution >= 4 is 12.7 Å². The maximum Gasteiger partial charge on any atom is 0.321 e. The summed E-state index contributed by atoms with van der Waals surface area (Å²) in [7, 11) is 0. The van der Waals surface area contributed by atoms with Gasteiger partial charge in [0.2, 0.25) is 0 Å². The number of aliphatic hydroxyl groups excluding tert-OH is 2. The number of ether oxygens (including phenoxy) is 2. The second-order valence-corrected chi connectivity index (χ2v) is 7.42. The number of nitrogens with zero attached hydrogens (tertiary/aromatic N) is 2. The van der Waals surface area contributed by atoms with Crippen LogP contribution in [-0.2, 0) is 11.2 Å². The second kappa shape index (κ2) is 10.3. The molecule has 0 amide bonds. The number of rotatable bonds is 6. The minimum atomic E-state index is -0.460. The fourth-order valence-electron chi connectivity index (χ4n) is 3.58. The van der Waals surface area contributed by atoms with Crippen molar-refractivity contribution in [1.82, 2.24) is 0 Å². The Labute approximate surface area is 177 Å². The maximum absolute atomic E-state index is 10.1. The first-order valence-corrected chi connectivity index (χ1v) is 9.98. The van der Waals surface area contributed by atoms with E-state index >= 15 is 0 Å². The first kappa shape index (κ1) is 21.9. The van der Waals surface area contributed by atoms with Crippen molar-refractivity contribution in [3.05, 3.63) is 77.5 Å². The van der Waals surface area contributed by atoms with Gasteiger partial charge in [0.1, 0.15) is 5.75 Å². The Morgan fingerprint density at radius 3 is 2.67 bits per heavy atom. The normalized spacial score (nSPS) is 21.8. The Hall–Kier alpha value is -2.80. The zero-order valence-electron chi connectivity index (χ0n) is 17.2. The van der Waals surface area contributed by atoms with E-state index in [-0.39, 0.29) is 24.8 Å². The van der Waals surface area contributed by atoms with E-state index in [4.69, 9.17) is 9.47 Å². The molecule has 2 aromatic rings. The number of aliphatic imine (C=N–C) groups is 2. The molecule has 0 aliphatic carbocycles. The van der Waals surface area contributed by atoms with Gasteiger partial charge in [-0.1, -0.05) is 36.9 Å². The largest absolute Gasteiger partial charge is 0.424 e. The van der Waals surface area contributed by atoms with E-state index < -0.39 is 6.10 Å². The summed E-state index contributed by atoms with van der Waals surface area (Å²) in [4.78, 5) is 7.60. The molecular weight excluding hydrogens is 380 g/mol. The van der Waals surface area contributed by atoms with Crippen LogP contribution in [0.1, 0.15) is 41.2 Å². The molecule has 0 saturated carbocycles. The maximum atomic E-state index is 10.1. The van der Waals surface area contributed by atoms with E-state index in [0.717, 1.165) is 17.5 Å². The Morgan fingerprint density at radius 2 is 2.00 bits per heavy atom. The zero-order chi connectivity index (χ0) is 21.5. The van der Waals surface area contributed by atoms with Gasteiger partial charge >= 0.3 is 6.02 Å². The molecule has 1 aliphatic rings. The molecule has 3 rings (SSSR count). The summed E-state index contributed by atoms with van der Waals surface area (Å²) in [5.74, 6) is 0.622. The third-order valence-corrected chi connectivity index (χ3v) is 5.19. The van der Waals surface area contributed by atoms with Crippen molar-refractivity contribution in [3.63, 3.8) is 0 Å². The molecule has 6 nitrogen and oxygen atoms in total. The fraction of sp³-hybridized carbons (Fsp3) is 0.333. The van der Waals surface area contributed by atoms with Gasteiger partial charge in [0.05, 0.1) is 24.9 Å². The smallest absolute Gasteiger partial charge is 0.321 e. The van der Waals surface area contributed by atoms with Gasteiger partial charge in [0.15, 0.2) is 0 Å². The van der Waals surface area contributed by atoms with Crippen molar-refractivity contribution in [2.45, 2.75) is 44.5 Å². The molecule has 1 fully saturated rings. The Bertz CT molecular complexity index is 908. The van der Waals surface area contributed by atoms with E-state index in [1.165, 1.54) is 17.3 Å². The summed E-state index contributed by atoms with van der Waals surface area (Å²) in [5, 5.41) is 19.5. The van der Waals surface area contributed by atoms with Gasteiger partial charge in [-0.15, -0.1) is 0 Å². The fourth-order valence-corrected chi connectivity index (χ4v) is 3.58. The van der Waals surface area contributed by atoms with Crippen LogP contribution >= 0.6 is 0 Å². The van der Waals surface area contributed by atoms with Crippen LogP contribution in [0.3, 0.4) is 0 Å². The molecular formula is C24H28N2O4. The van der Waals surface area contributed by atoms with E-state index in [0.29, 0.717) is 18.6 Å². The summed E-state index contributed by atoms with van der Waals surface area (Å²) >= 11 is 0. The van der Waals surface area contributed by atoms with Crippen molar-refractivity contribution in [2.75, 3.05) is 6.61 Å². The Kier molecular flexibility index (Phi) is 7.52. The molecule has 1 aliphatic heterocycles. The number of aliphatic hydroxyl groups is 2. The molecule has 0 spiro atoms. The highest BCUT2D eigenvalue weighted by Crippen LogP contribution is 2.32. The van der Waals surface area contributed by atoms with E-state index in [1.54, 1.807) is 0 Å². The summed E-state index contributed by atoms with van der Waals surface area (Å²) in [6, 6.07) is 14.1. The van der Waals surface area contributed by atoms with Gasteiger partial charge in [0.25, 0.3) is 0 Å². The molecule has 0 aromatic heterocycles. The Morgan fingerprint density at radius 1 is 1.23 bits per heavy atom. The predicted octanol–water partition coefficient (Wildman–Crippen LogP) is 3.74. The van der Waals surface area contributed by atoms with Gasteiger partial charge < -0.3 is 19.7 Å². The van der Waals surface area contributed by atoms with Gasteiger partial charge in [-0.25, -0.2) is 9.98 Å². The van der Waals surface area contributed by atoms with Crippen LogP contribution in [0.4, 0.5) is 0 Å². The topological polar surface area (TPSA) is 83.6 Å². The number of hydrogen-bond acceptors (Lipinski definition) is 5. The minimum absolute atomic E-state index is 0.0820. The second-order valence-electron chi connectivity index (χ2n) is 7.42. The molecule has 1 saturated heterocycles. The lowest BCUT2D eigenvalue weighted by Gasteiger charge is -2.32. The van der Waals surface area contributed by atoms with E-state index in [1.807, 2.05) is 30.3 Å². The molecule has 2 N–H and O–H groups in total. The summed E-state index contributed by atoms with van der Waals surface area (Å²) in [6.45, 7) is 8.95. The van der Waals surface area contributed by atoms with Gasteiger partial charge in [0, 0.05) is 19.0 Å². The summed E-state index contributed by atoms with van der Waals surface area (Å²) < 4.78 is 11.5. The highest BCUT2D eigenvalue weighted by atomic mass is 16.5. The first-order valence-electron chi connectivity index (χ1n) is 9.98. The lowest BCUT2D eigenvalue weighted by atomic mass is 9.92. The molecule has 0 bridgehead atoms. The minimum Gasteiger partial charge on any atom is -0.424 e. The molecule has 158 valence electrons. The SMILES string of the molecule is C=CN=C(N=C)Oc1ccc(Cc2cc([C@H]3C[C@@H](O)C[C@@H](CO)O3)ccc2C)cc1. The molecule has 3 atom stereocenters. The van der Waals surface area contributed by atoms with Crippen molar-refractivity contribution in [2.24, 2.45) is 9.98 Å². The average molecular weight is 408 g/mol. The third kappa shape index (κ3) is 5.63. The van der Waals surface area contributed by atoms with Gasteiger partial charge in [-0.2, -0.15) is 0 Å². The van der Waals surface area contributed by atoms with E-state index in [9.17, 15) is 10.2 Å². The predicted molar refractivity (Wildman–Crippen MR) is 118 cm³/mol. The van der Waals surface area contributed by atoms with E-state index in [2.05, 4.69) is 42.3 Å². The van der Waals surface area contributed by atoms with Crippen molar-refractivity contribution in [3.8, 4) is 5.75 Å². The van der Waals surface area contributed by atoms with Crippen LogP contribution in [0.25, 0.3) is 0 Å². The lowest BCUT2D eigenvalue weighted by molar-refractivity contribution is -0.113. The Balaban J connectivity index is 1.73. The number of benzene rings is 2. The summed E-state index contributed by atoms with van der Waals surface area (Å²) in [6.07, 6.45) is 2.12. The number of aryl methyl sites for hydroxylation is 1. The molecule has 0 radical (unpaired) electrons. The van der Waals surface area contributed by atoms with Gasteiger partial charge in [-0.05, 0) is 54.4 Å². The van der Waals surface area contributed by atoms with Crippen LogP contribution in [0, 0.1) is 6.92 Å². The molecule has 6 heteroatoms. The van der Waals surface area contributed by atoms with Crippen LogP contribution in [0.2, 0.25) is 0 Å². The number of amidine groups is 1. The first-order chi connectivity index (χ1) is 14.5. The number of hydrogen-bond donors (Lipinski definition) is 2. The van der Waals surface area contributed by atoms with Crippen molar-refractivity contribution in [1.29, 1.82) is 0 Å². The monoisotopic (exact) mass is 408 g/mol. The zero-order valence-corrected chi connectivity index (χ0v) is 17.2. The van der Waals surface area contributed by atoms with Crippen LogP contribution in [0.5, 0.6) is 5.75 Å². The van der Waals surface area contributed by atoms with Crippen LogP contribution in [0.15, 0.2) is 65.2 Å². The van der Waals surface area contributed by atoms with Gasteiger partial charge in [-0.3, -0.25) is 0 Å². The molecule has 30 heavy (non-hydrogen) atoms. The quantitative estimate of drug-likeness (QED) is 0.563. The average Bonchev–Trinajstić information content (AvgIpc) is 2.75. The van der Waals surface area contributed by atoms with Crippen LogP contribution in [-0.4, -0.2) is 41.8 Å². The molecule has 2 aromatic carbocycles. The lowest BCUT2D eigenvalue weighted by Crippen LogP contribution is -2.33. The van der Waals surface area contributed by atoms with Crippen molar-refractivity contribution < 1.29 is 19.7 Å². The molecule has 0 unspecified atom stereocenters. The highest BCUT2D eigenvalue weighted by molar-refractivity contribution is 5.81. The molecule has 1 heterocycles. The third-order valence-electron chi connectivity index (χ3n) is 5.19. The highest BCUT2D eigenvalue weighted by Gasteiger charge is 2.29. The standard InChI is InChI=1S/C24H28N2O4/c1-4-26-24(25-3)30-21-9-6-17(7-10-21)11-19-12-18(8-5-16(19)2)23-14-20(28)13-22(15-27)29-23/h4-10,12,20,22-23,27-28H,1,3,11,13-15H2,2H3/t20-,22-,23+/m0/s1. The van der Waals surface area contributed by atoms with Crippen LogP contribution < -0.4 is 4.74 Å².